The van der Waals surface area contributed by atoms with Gasteiger partial charge in [0, 0.05) is 39.3 Å². The molecule has 1 aliphatic rings. The summed E-state index contributed by atoms with van der Waals surface area (Å²) in [6, 6.07) is 0. The third-order valence-electron chi connectivity index (χ3n) is 2.64. The minimum absolute atomic E-state index is 0.186. The molecular weight excluding hydrogens is 180 g/mol. The standard InChI is InChI=1S/C10H20N2O2/c1-11-5-6-12(2)10(13)9-3-7-14-8-4-9/h9,11H,3-8H2,1-2H3. The number of amides is 1. The molecular formula is C10H20N2O2. The summed E-state index contributed by atoms with van der Waals surface area (Å²) in [7, 11) is 3.77. The van der Waals surface area contributed by atoms with E-state index in [-0.39, 0.29) is 11.8 Å². The molecule has 0 atom stereocenters. The second kappa shape index (κ2) is 5.98. The second-order valence-electron chi connectivity index (χ2n) is 3.75. The second-order valence-corrected chi connectivity index (χ2v) is 3.75. The van der Waals surface area contributed by atoms with Crippen LogP contribution in [0.3, 0.4) is 0 Å². The van der Waals surface area contributed by atoms with Gasteiger partial charge in [-0.15, -0.1) is 0 Å². The maximum atomic E-state index is 11.8. The lowest BCUT2D eigenvalue weighted by atomic mass is 9.99. The van der Waals surface area contributed by atoms with E-state index < -0.39 is 0 Å². The number of nitrogens with zero attached hydrogens (tertiary/aromatic N) is 1. The molecule has 0 aromatic heterocycles. The summed E-state index contributed by atoms with van der Waals surface area (Å²) in [5.41, 5.74) is 0. The SMILES string of the molecule is CNCCN(C)C(=O)C1CCOCC1. The molecule has 1 heterocycles. The summed E-state index contributed by atoms with van der Waals surface area (Å²) in [5.74, 6) is 0.453. The van der Waals surface area contributed by atoms with Crippen LogP contribution < -0.4 is 5.32 Å². The molecule has 0 saturated carbocycles. The molecule has 0 aromatic carbocycles. The van der Waals surface area contributed by atoms with Crippen molar-refractivity contribution in [2.24, 2.45) is 5.92 Å². The van der Waals surface area contributed by atoms with Gasteiger partial charge in [-0.2, -0.15) is 0 Å². The smallest absolute Gasteiger partial charge is 0.225 e. The van der Waals surface area contributed by atoms with Crippen LogP contribution >= 0.6 is 0 Å². The van der Waals surface area contributed by atoms with E-state index >= 15 is 0 Å². The first-order valence-corrected chi connectivity index (χ1v) is 5.23. The quantitative estimate of drug-likeness (QED) is 0.699. The summed E-state index contributed by atoms with van der Waals surface area (Å²) >= 11 is 0. The van der Waals surface area contributed by atoms with E-state index in [0.29, 0.717) is 0 Å². The average Bonchev–Trinajstić information content (AvgIpc) is 2.26. The van der Waals surface area contributed by atoms with Crippen LogP contribution in [-0.4, -0.2) is 51.2 Å². The fraction of sp³-hybridized carbons (Fsp3) is 0.900. The van der Waals surface area contributed by atoms with Crippen LogP contribution in [0.15, 0.2) is 0 Å². The van der Waals surface area contributed by atoms with Gasteiger partial charge in [-0.05, 0) is 19.9 Å². The molecule has 0 aromatic rings. The number of nitrogens with one attached hydrogen (secondary N) is 1. The molecule has 82 valence electrons. The predicted molar refractivity (Wildman–Crippen MR) is 55.1 cm³/mol. The van der Waals surface area contributed by atoms with Crippen molar-refractivity contribution < 1.29 is 9.53 Å². The van der Waals surface area contributed by atoms with Crippen LogP contribution in [0.4, 0.5) is 0 Å². The van der Waals surface area contributed by atoms with Crippen molar-refractivity contribution in [1.82, 2.24) is 10.2 Å². The molecule has 14 heavy (non-hydrogen) atoms. The molecule has 0 spiro atoms. The first kappa shape index (κ1) is 11.5. The van der Waals surface area contributed by atoms with Crippen LogP contribution in [-0.2, 0) is 9.53 Å². The summed E-state index contributed by atoms with van der Waals surface area (Å²) in [5, 5.41) is 3.04. The van der Waals surface area contributed by atoms with Crippen LogP contribution in [0.1, 0.15) is 12.8 Å². The zero-order valence-electron chi connectivity index (χ0n) is 9.08. The molecule has 1 saturated heterocycles. The Morgan fingerprint density at radius 2 is 2.14 bits per heavy atom. The zero-order valence-corrected chi connectivity index (χ0v) is 9.08. The van der Waals surface area contributed by atoms with Gasteiger partial charge in [0.2, 0.25) is 5.91 Å². The molecule has 0 unspecified atom stereocenters. The van der Waals surface area contributed by atoms with Crippen molar-refractivity contribution in [1.29, 1.82) is 0 Å². The Labute approximate surface area is 85.6 Å². The summed E-state index contributed by atoms with van der Waals surface area (Å²) in [6.45, 7) is 3.10. The van der Waals surface area contributed by atoms with Crippen molar-refractivity contribution in [3.8, 4) is 0 Å². The number of ether oxygens (including phenoxy) is 1. The highest BCUT2D eigenvalue weighted by atomic mass is 16.5. The minimum atomic E-state index is 0.186. The minimum Gasteiger partial charge on any atom is -0.381 e. The number of carbonyl (C=O) groups is 1. The Hall–Kier alpha value is -0.610. The fourth-order valence-electron chi connectivity index (χ4n) is 1.65. The molecule has 4 heteroatoms. The average molecular weight is 200 g/mol. The molecule has 0 radical (unpaired) electrons. The zero-order chi connectivity index (χ0) is 10.4. The van der Waals surface area contributed by atoms with E-state index in [1.807, 2.05) is 19.0 Å². The van der Waals surface area contributed by atoms with Crippen molar-refractivity contribution in [3.05, 3.63) is 0 Å². The van der Waals surface area contributed by atoms with Gasteiger partial charge in [0.25, 0.3) is 0 Å². The summed E-state index contributed by atoms with van der Waals surface area (Å²) in [4.78, 5) is 13.7. The van der Waals surface area contributed by atoms with Crippen LogP contribution in [0, 0.1) is 5.92 Å². The lowest BCUT2D eigenvalue weighted by molar-refractivity contribution is -0.137. The molecule has 1 N–H and O–H groups in total. The fourth-order valence-corrected chi connectivity index (χ4v) is 1.65. The first-order chi connectivity index (χ1) is 6.75. The largest absolute Gasteiger partial charge is 0.381 e. The molecule has 1 rings (SSSR count). The van der Waals surface area contributed by atoms with Crippen molar-refractivity contribution in [2.75, 3.05) is 40.4 Å². The monoisotopic (exact) mass is 200 g/mol. The highest BCUT2D eigenvalue weighted by molar-refractivity contribution is 5.78. The Morgan fingerprint density at radius 3 is 2.71 bits per heavy atom. The molecule has 0 aliphatic carbocycles. The van der Waals surface area contributed by atoms with E-state index in [0.717, 1.165) is 39.1 Å². The Kier molecular flexibility index (Phi) is 4.90. The number of hydrogen-bond donors (Lipinski definition) is 1. The third-order valence-corrected chi connectivity index (χ3v) is 2.64. The van der Waals surface area contributed by atoms with E-state index in [9.17, 15) is 4.79 Å². The van der Waals surface area contributed by atoms with Gasteiger partial charge < -0.3 is 15.0 Å². The Balaban J connectivity index is 2.30. The summed E-state index contributed by atoms with van der Waals surface area (Å²) < 4.78 is 5.23. The van der Waals surface area contributed by atoms with E-state index in [4.69, 9.17) is 4.74 Å². The van der Waals surface area contributed by atoms with Gasteiger partial charge in [-0.25, -0.2) is 0 Å². The number of carbonyl (C=O) groups excluding carboxylic acids is 1. The lowest BCUT2D eigenvalue weighted by Gasteiger charge is -2.26. The number of likely N-dealkylation sites (N-methyl/N-ethyl adjacent to an activating group) is 2. The van der Waals surface area contributed by atoms with Gasteiger partial charge in [0.15, 0.2) is 0 Å². The van der Waals surface area contributed by atoms with Crippen LogP contribution in [0.2, 0.25) is 0 Å². The van der Waals surface area contributed by atoms with Crippen LogP contribution in [0.5, 0.6) is 0 Å². The highest BCUT2D eigenvalue weighted by Gasteiger charge is 2.23. The van der Waals surface area contributed by atoms with Gasteiger partial charge in [0.05, 0.1) is 0 Å². The molecule has 1 aliphatic heterocycles. The van der Waals surface area contributed by atoms with E-state index in [1.165, 1.54) is 0 Å². The molecule has 4 nitrogen and oxygen atoms in total. The third kappa shape index (κ3) is 3.27. The van der Waals surface area contributed by atoms with Gasteiger partial charge in [0.1, 0.15) is 0 Å². The first-order valence-electron chi connectivity index (χ1n) is 5.23. The van der Waals surface area contributed by atoms with Crippen molar-refractivity contribution in [3.63, 3.8) is 0 Å². The highest BCUT2D eigenvalue weighted by Crippen LogP contribution is 2.16. The maximum absolute atomic E-state index is 11.8. The summed E-state index contributed by atoms with van der Waals surface area (Å²) in [6.07, 6.45) is 1.76. The molecule has 1 fully saturated rings. The predicted octanol–water partition coefficient (Wildman–Crippen LogP) is 0.0908. The number of hydrogen-bond acceptors (Lipinski definition) is 3. The Morgan fingerprint density at radius 1 is 1.50 bits per heavy atom. The topological polar surface area (TPSA) is 41.6 Å². The molecule has 0 bridgehead atoms. The van der Waals surface area contributed by atoms with Gasteiger partial charge in [-0.1, -0.05) is 0 Å². The molecule has 1 amide bonds. The van der Waals surface area contributed by atoms with Crippen molar-refractivity contribution >= 4 is 5.91 Å². The van der Waals surface area contributed by atoms with E-state index in [2.05, 4.69) is 5.32 Å². The van der Waals surface area contributed by atoms with Crippen LogP contribution in [0.25, 0.3) is 0 Å². The van der Waals surface area contributed by atoms with E-state index in [1.54, 1.807) is 0 Å². The van der Waals surface area contributed by atoms with Crippen molar-refractivity contribution in [2.45, 2.75) is 12.8 Å². The Bertz CT molecular complexity index is 179. The normalized spacial score (nSPS) is 18.1. The lowest BCUT2D eigenvalue weighted by Crippen LogP contribution is -2.38. The number of rotatable bonds is 4. The van der Waals surface area contributed by atoms with Gasteiger partial charge in [-0.3, -0.25) is 4.79 Å². The maximum Gasteiger partial charge on any atom is 0.225 e. The van der Waals surface area contributed by atoms with Gasteiger partial charge >= 0.3 is 0 Å².